The van der Waals surface area contributed by atoms with E-state index >= 15 is 0 Å². The molecule has 0 fully saturated rings. The highest BCUT2D eigenvalue weighted by molar-refractivity contribution is 5.95. The quantitative estimate of drug-likeness (QED) is 0.886. The second-order valence-electron chi connectivity index (χ2n) is 5.86. The van der Waals surface area contributed by atoms with Crippen LogP contribution in [0.3, 0.4) is 0 Å². The van der Waals surface area contributed by atoms with Gasteiger partial charge in [0.2, 0.25) is 0 Å². The van der Waals surface area contributed by atoms with Crippen molar-refractivity contribution in [2.24, 2.45) is 0 Å². The molecule has 0 radical (unpaired) electrons. The second-order valence-corrected chi connectivity index (χ2v) is 5.86. The molecule has 0 heterocycles. The number of carbonyl (C=O) groups is 1. The highest BCUT2D eigenvalue weighted by Gasteiger charge is 2.12. The van der Waals surface area contributed by atoms with Crippen molar-refractivity contribution in [1.82, 2.24) is 5.32 Å². The predicted octanol–water partition coefficient (Wildman–Crippen LogP) is 3.58. The van der Waals surface area contributed by atoms with Crippen LogP contribution in [0.4, 0.5) is 0 Å². The van der Waals surface area contributed by atoms with Crippen LogP contribution in [0.25, 0.3) is 0 Å². The number of benzene rings is 2. The number of rotatable bonds is 5. The van der Waals surface area contributed by atoms with E-state index < -0.39 is 6.10 Å². The van der Waals surface area contributed by atoms with Crippen molar-refractivity contribution in [3.8, 4) is 0 Å². The SMILES string of the molecule is Cc1ccccc1C(=O)NCC(O)c1ccc(C(C)C)cc1. The lowest BCUT2D eigenvalue weighted by atomic mass is 10.00. The Morgan fingerprint density at radius 1 is 1.05 bits per heavy atom. The monoisotopic (exact) mass is 297 g/mol. The maximum absolute atomic E-state index is 12.1. The molecule has 2 rings (SSSR count). The lowest BCUT2D eigenvalue weighted by molar-refractivity contribution is 0.0915. The minimum atomic E-state index is -0.700. The number of amides is 1. The molecular formula is C19H23NO2. The van der Waals surface area contributed by atoms with Crippen molar-refractivity contribution in [3.63, 3.8) is 0 Å². The first-order chi connectivity index (χ1) is 10.5. The predicted molar refractivity (Wildman–Crippen MR) is 89.0 cm³/mol. The summed E-state index contributed by atoms with van der Waals surface area (Å²) >= 11 is 0. The molecule has 2 aromatic rings. The van der Waals surface area contributed by atoms with Crippen LogP contribution in [-0.2, 0) is 0 Å². The van der Waals surface area contributed by atoms with Gasteiger partial charge in [-0.2, -0.15) is 0 Å². The fourth-order valence-corrected chi connectivity index (χ4v) is 2.33. The number of carbonyl (C=O) groups excluding carboxylic acids is 1. The Morgan fingerprint density at radius 2 is 1.64 bits per heavy atom. The van der Waals surface area contributed by atoms with Crippen molar-refractivity contribution in [2.75, 3.05) is 6.54 Å². The van der Waals surface area contributed by atoms with Crippen molar-refractivity contribution < 1.29 is 9.90 Å². The number of hydrogen-bond donors (Lipinski definition) is 2. The molecule has 0 aromatic heterocycles. The van der Waals surface area contributed by atoms with Gasteiger partial charge in [0.05, 0.1) is 6.10 Å². The van der Waals surface area contributed by atoms with E-state index in [0.29, 0.717) is 11.5 Å². The van der Waals surface area contributed by atoms with Gasteiger partial charge >= 0.3 is 0 Å². The van der Waals surface area contributed by atoms with E-state index in [0.717, 1.165) is 11.1 Å². The zero-order valence-electron chi connectivity index (χ0n) is 13.3. The maximum Gasteiger partial charge on any atom is 0.251 e. The Balaban J connectivity index is 1.96. The number of aryl methyl sites for hydroxylation is 1. The number of aliphatic hydroxyl groups excluding tert-OH is 1. The molecule has 1 unspecified atom stereocenters. The van der Waals surface area contributed by atoms with Crippen LogP contribution in [0.5, 0.6) is 0 Å². The molecule has 0 aliphatic rings. The van der Waals surface area contributed by atoms with Crippen LogP contribution < -0.4 is 5.32 Å². The Hall–Kier alpha value is -2.13. The molecular weight excluding hydrogens is 274 g/mol. The van der Waals surface area contributed by atoms with Gasteiger partial charge in [-0.1, -0.05) is 56.3 Å². The number of nitrogens with one attached hydrogen (secondary N) is 1. The van der Waals surface area contributed by atoms with Crippen molar-refractivity contribution in [1.29, 1.82) is 0 Å². The van der Waals surface area contributed by atoms with Gasteiger partial charge in [0.15, 0.2) is 0 Å². The minimum absolute atomic E-state index is 0.157. The summed E-state index contributed by atoms with van der Waals surface area (Å²) in [6.45, 7) is 6.37. The van der Waals surface area contributed by atoms with E-state index in [1.807, 2.05) is 49.4 Å². The topological polar surface area (TPSA) is 49.3 Å². The van der Waals surface area contributed by atoms with Crippen LogP contribution >= 0.6 is 0 Å². The van der Waals surface area contributed by atoms with Crippen LogP contribution in [-0.4, -0.2) is 17.6 Å². The normalized spacial score (nSPS) is 12.2. The highest BCUT2D eigenvalue weighted by atomic mass is 16.3. The molecule has 3 nitrogen and oxygen atoms in total. The lowest BCUT2D eigenvalue weighted by Gasteiger charge is -2.14. The van der Waals surface area contributed by atoms with Gasteiger partial charge in [0.25, 0.3) is 5.91 Å². The number of aliphatic hydroxyl groups is 1. The van der Waals surface area contributed by atoms with Gasteiger partial charge in [0.1, 0.15) is 0 Å². The molecule has 0 saturated heterocycles. The first-order valence-corrected chi connectivity index (χ1v) is 7.60. The Labute approximate surface area is 132 Å². The van der Waals surface area contributed by atoms with E-state index in [4.69, 9.17) is 0 Å². The fraction of sp³-hybridized carbons (Fsp3) is 0.316. The average Bonchev–Trinajstić information content (AvgIpc) is 2.52. The van der Waals surface area contributed by atoms with Gasteiger partial charge in [-0.25, -0.2) is 0 Å². The van der Waals surface area contributed by atoms with Crippen LogP contribution in [0.15, 0.2) is 48.5 Å². The molecule has 0 aliphatic carbocycles. The second kappa shape index (κ2) is 7.23. The summed E-state index contributed by atoms with van der Waals surface area (Å²) in [6, 6.07) is 15.3. The van der Waals surface area contributed by atoms with Gasteiger partial charge in [-0.05, 0) is 35.6 Å². The van der Waals surface area contributed by atoms with Crippen molar-refractivity contribution in [2.45, 2.75) is 32.8 Å². The van der Waals surface area contributed by atoms with Crippen LogP contribution in [0.2, 0.25) is 0 Å². The van der Waals surface area contributed by atoms with Crippen LogP contribution in [0, 0.1) is 6.92 Å². The molecule has 1 amide bonds. The summed E-state index contributed by atoms with van der Waals surface area (Å²) in [5.74, 6) is 0.308. The van der Waals surface area contributed by atoms with Crippen molar-refractivity contribution >= 4 is 5.91 Å². The summed E-state index contributed by atoms with van der Waals surface area (Å²) < 4.78 is 0. The van der Waals surface area contributed by atoms with E-state index in [2.05, 4.69) is 19.2 Å². The summed E-state index contributed by atoms with van der Waals surface area (Å²) in [7, 11) is 0. The molecule has 3 heteroatoms. The summed E-state index contributed by atoms with van der Waals surface area (Å²) in [5, 5.41) is 13.0. The summed E-state index contributed by atoms with van der Waals surface area (Å²) in [6.07, 6.45) is -0.700. The molecule has 0 aliphatic heterocycles. The highest BCUT2D eigenvalue weighted by Crippen LogP contribution is 2.18. The van der Waals surface area contributed by atoms with E-state index in [1.165, 1.54) is 5.56 Å². The van der Waals surface area contributed by atoms with E-state index in [1.54, 1.807) is 6.07 Å². The zero-order chi connectivity index (χ0) is 16.1. The summed E-state index contributed by atoms with van der Waals surface area (Å²) in [4.78, 5) is 12.1. The molecule has 0 spiro atoms. The van der Waals surface area contributed by atoms with E-state index in [9.17, 15) is 9.90 Å². The average molecular weight is 297 g/mol. The van der Waals surface area contributed by atoms with Gasteiger partial charge in [-0.3, -0.25) is 4.79 Å². The molecule has 0 saturated carbocycles. The van der Waals surface area contributed by atoms with Crippen molar-refractivity contribution in [3.05, 3.63) is 70.8 Å². The maximum atomic E-state index is 12.1. The Bertz CT molecular complexity index is 632. The molecule has 22 heavy (non-hydrogen) atoms. The lowest BCUT2D eigenvalue weighted by Crippen LogP contribution is -2.28. The Morgan fingerprint density at radius 3 is 2.23 bits per heavy atom. The minimum Gasteiger partial charge on any atom is -0.387 e. The summed E-state index contributed by atoms with van der Waals surface area (Å²) in [5.41, 5.74) is 3.62. The smallest absolute Gasteiger partial charge is 0.251 e. The Kier molecular flexibility index (Phi) is 5.34. The standard InChI is InChI=1S/C19H23NO2/c1-13(2)15-8-10-16(11-9-15)18(21)12-20-19(22)17-7-5-4-6-14(17)3/h4-11,13,18,21H,12H2,1-3H3,(H,20,22). The third-order valence-corrected chi connectivity index (χ3v) is 3.83. The van der Waals surface area contributed by atoms with Gasteiger partial charge in [-0.15, -0.1) is 0 Å². The van der Waals surface area contributed by atoms with Gasteiger partial charge in [0, 0.05) is 12.1 Å². The molecule has 0 bridgehead atoms. The number of hydrogen-bond acceptors (Lipinski definition) is 2. The largest absolute Gasteiger partial charge is 0.387 e. The first kappa shape index (κ1) is 16.2. The third kappa shape index (κ3) is 3.95. The molecule has 1 atom stereocenters. The first-order valence-electron chi connectivity index (χ1n) is 7.60. The molecule has 2 aromatic carbocycles. The fourth-order valence-electron chi connectivity index (χ4n) is 2.33. The van der Waals surface area contributed by atoms with Gasteiger partial charge < -0.3 is 10.4 Å². The van der Waals surface area contributed by atoms with E-state index in [-0.39, 0.29) is 12.5 Å². The molecule has 2 N–H and O–H groups in total. The molecule has 116 valence electrons. The zero-order valence-corrected chi connectivity index (χ0v) is 13.3. The third-order valence-electron chi connectivity index (χ3n) is 3.83. The van der Waals surface area contributed by atoms with Crippen LogP contribution in [0.1, 0.15) is 52.9 Å².